The van der Waals surface area contributed by atoms with E-state index in [0.29, 0.717) is 0 Å². The van der Waals surface area contributed by atoms with Crippen LogP contribution in [-0.4, -0.2) is 62.1 Å². The zero-order valence-corrected chi connectivity index (χ0v) is 11.6. The number of nitrogens with zero attached hydrogens (tertiary/aromatic N) is 2. The molecule has 1 fully saturated rings. The van der Waals surface area contributed by atoms with E-state index in [1.807, 2.05) is 18.7 Å². The molecule has 1 saturated heterocycles. The first-order valence-electron chi connectivity index (χ1n) is 6.53. The predicted octanol–water partition coefficient (Wildman–Crippen LogP) is 1.21. The summed E-state index contributed by atoms with van der Waals surface area (Å²) >= 11 is 0. The molecule has 1 rings (SSSR count). The van der Waals surface area contributed by atoms with Crippen molar-refractivity contribution < 1.29 is 9.53 Å². The lowest BCUT2D eigenvalue weighted by atomic mass is 9.96. The standard InChI is InChI=1S/C13H26N2O2/c1-11(2)17-10-13(16)15-7-5-12(6-8-15)9-14(3)4/h11-12H,5-10H2,1-4H3. The van der Waals surface area contributed by atoms with Gasteiger partial charge in [-0.05, 0) is 46.7 Å². The lowest BCUT2D eigenvalue weighted by Crippen LogP contribution is -2.42. The number of likely N-dealkylation sites (tertiary alicyclic amines) is 1. The van der Waals surface area contributed by atoms with Gasteiger partial charge >= 0.3 is 0 Å². The highest BCUT2D eigenvalue weighted by Gasteiger charge is 2.23. The third kappa shape index (κ3) is 5.50. The van der Waals surface area contributed by atoms with E-state index in [0.717, 1.165) is 38.4 Å². The third-order valence-electron chi connectivity index (χ3n) is 3.13. The Morgan fingerprint density at radius 3 is 2.41 bits per heavy atom. The number of amides is 1. The Kier molecular flexibility index (Phi) is 5.92. The highest BCUT2D eigenvalue weighted by Crippen LogP contribution is 2.17. The summed E-state index contributed by atoms with van der Waals surface area (Å²) in [5.74, 6) is 0.877. The van der Waals surface area contributed by atoms with Gasteiger partial charge in [-0.15, -0.1) is 0 Å². The Bertz CT molecular complexity index is 234. The molecule has 1 heterocycles. The largest absolute Gasteiger partial charge is 0.369 e. The van der Waals surface area contributed by atoms with Gasteiger partial charge in [-0.3, -0.25) is 4.79 Å². The van der Waals surface area contributed by atoms with Crippen molar-refractivity contribution in [3.63, 3.8) is 0 Å². The van der Waals surface area contributed by atoms with Crippen LogP contribution in [0.5, 0.6) is 0 Å². The number of carbonyl (C=O) groups excluding carboxylic acids is 1. The summed E-state index contributed by atoms with van der Waals surface area (Å²) in [6.45, 7) is 7.05. The minimum Gasteiger partial charge on any atom is -0.369 e. The van der Waals surface area contributed by atoms with Crippen LogP contribution in [-0.2, 0) is 9.53 Å². The molecule has 0 unspecified atom stereocenters. The van der Waals surface area contributed by atoms with E-state index in [1.54, 1.807) is 0 Å². The zero-order chi connectivity index (χ0) is 12.8. The van der Waals surface area contributed by atoms with E-state index in [1.165, 1.54) is 0 Å². The van der Waals surface area contributed by atoms with E-state index >= 15 is 0 Å². The zero-order valence-electron chi connectivity index (χ0n) is 11.6. The van der Waals surface area contributed by atoms with Crippen LogP contribution in [0.15, 0.2) is 0 Å². The maximum atomic E-state index is 11.8. The van der Waals surface area contributed by atoms with Crippen LogP contribution in [0.3, 0.4) is 0 Å². The summed E-state index contributed by atoms with van der Waals surface area (Å²) < 4.78 is 5.35. The van der Waals surface area contributed by atoms with Crippen molar-refractivity contribution >= 4 is 5.91 Å². The van der Waals surface area contributed by atoms with Gasteiger partial charge in [0.2, 0.25) is 5.91 Å². The van der Waals surface area contributed by atoms with Crippen LogP contribution >= 0.6 is 0 Å². The second-order valence-electron chi connectivity index (χ2n) is 5.45. The van der Waals surface area contributed by atoms with E-state index in [-0.39, 0.29) is 18.6 Å². The molecule has 1 amide bonds. The third-order valence-corrected chi connectivity index (χ3v) is 3.13. The summed E-state index contributed by atoms with van der Waals surface area (Å²) in [4.78, 5) is 16.0. The predicted molar refractivity (Wildman–Crippen MR) is 68.9 cm³/mol. The van der Waals surface area contributed by atoms with Gasteiger partial charge in [-0.25, -0.2) is 0 Å². The fourth-order valence-corrected chi connectivity index (χ4v) is 2.21. The molecule has 0 spiro atoms. The molecule has 1 aliphatic heterocycles. The van der Waals surface area contributed by atoms with Crippen molar-refractivity contribution in [2.45, 2.75) is 32.8 Å². The molecule has 100 valence electrons. The summed E-state index contributed by atoms with van der Waals surface area (Å²) in [6.07, 6.45) is 2.36. The number of hydrogen-bond donors (Lipinski definition) is 0. The molecule has 0 aromatic rings. The SMILES string of the molecule is CC(C)OCC(=O)N1CCC(CN(C)C)CC1. The Morgan fingerprint density at radius 1 is 1.35 bits per heavy atom. The van der Waals surface area contributed by atoms with Gasteiger partial charge in [0.15, 0.2) is 0 Å². The topological polar surface area (TPSA) is 32.8 Å². The van der Waals surface area contributed by atoms with Crippen LogP contribution in [0.25, 0.3) is 0 Å². The van der Waals surface area contributed by atoms with E-state index < -0.39 is 0 Å². The van der Waals surface area contributed by atoms with Gasteiger partial charge in [0.25, 0.3) is 0 Å². The van der Waals surface area contributed by atoms with Gasteiger partial charge in [0, 0.05) is 19.6 Å². The van der Waals surface area contributed by atoms with Crippen molar-refractivity contribution in [3.05, 3.63) is 0 Å². The fourth-order valence-electron chi connectivity index (χ4n) is 2.21. The molecule has 0 N–H and O–H groups in total. The minimum absolute atomic E-state index is 0.130. The summed E-state index contributed by atoms with van der Waals surface area (Å²) in [6, 6.07) is 0. The molecule has 0 aliphatic carbocycles. The Morgan fingerprint density at radius 2 is 1.94 bits per heavy atom. The normalized spacial score (nSPS) is 18.1. The molecular formula is C13H26N2O2. The summed E-state index contributed by atoms with van der Waals surface area (Å²) in [5.41, 5.74) is 0. The number of ether oxygens (including phenoxy) is 1. The van der Waals surface area contributed by atoms with Crippen molar-refractivity contribution in [1.82, 2.24) is 9.80 Å². The van der Waals surface area contributed by atoms with Crippen LogP contribution in [0, 0.1) is 5.92 Å². The van der Waals surface area contributed by atoms with Crippen LogP contribution in [0.1, 0.15) is 26.7 Å². The van der Waals surface area contributed by atoms with Crippen LogP contribution in [0.2, 0.25) is 0 Å². The van der Waals surface area contributed by atoms with E-state index in [4.69, 9.17) is 4.74 Å². The highest BCUT2D eigenvalue weighted by atomic mass is 16.5. The van der Waals surface area contributed by atoms with E-state index in [9.17, 15) is 4.79 Å². The molecule has 1 aliphatic rings. The average Bonchev–Trinajstić information content (AvgIpc) is 2.26. The van der Waals surface area contributed by atoms with Gasteiger partial charge in [0.1, 0.15) is 6.61 Å². The maximum Gasteiger partial charge on any atom is 0.248 e. The minimum atomic E-state index is 0.130. The highest BCUT2D eigenvalue weighted by molar-refractivity contribution is 5.77. The van der Waals surface area contributed by atoms with Gasteiger partial charge in [-0.1, -0.05) is 0 Å². The van der Waals surface area contributed by atoms with Gasteiger partial charge in [0.05, 0.1) is 6.10 Å². The lowest BCUT2D eigenvalue weighted by Gasteiger charge is -2.33. The molecule has 4 nitrogen and oxygen atoms in total. The first-order chi connectivity index (χ1) is 7.99. The van der Waals surface area contributed by atoms with Crippen molar-refractivity contribution in [2.75, 3.05) is 40.3 Å². The maximum absolute atomic E-state index is 11.8. The van der Waals surface area contributed by atoms with Gasteiger partial charge < -0.3 is 14.5 Å². The molecule has 17 heavy (non-hydrogen) atoms. The number of hydrogen-bond acceptors (Lipinski definition) is 3. The first-order valence-corrected chi connectivity index (χ1v) is 6.53. The molecule has 0 saturated carbocycles. The smallest absolute Gasteiger partial charge is 0.248 e. The van der Waals surface area contributed by atoms with Crippen molar-refractivity contribution in [3.8, 4) is 0 Å². The van der Waals surface area contributed by atoms with E-state index in [2.05, 4.69) is 19.0 Å². The molecule has 0 atom stereocenters. The molecule has 0 radical (unpaired) electrons. The molecule has 0 aromatic heterocycles. The lowest BCUT2D eigenvalue weighted by molar-refractivity contribution is -0.139. The summed E-state index contributed by atoms with van der Waals surface area (Å²) in [5, 5.41) is 0. The van der Waals surface area contributed by atoms with Crippen LogP contribution < -0.4 is 0 Å². The first kappa shape index (κ1) is 14.5. The quantitative estimate of drug-likeness (QED) is 0.726. The molecular weight excluding hydrogens is 216 g/mol. The fraction of sp³-hybridized carbons (Fsp3) is 0.923. The van der Waals surface area contributed by atoms with Crippen molar-refractivity contribution in [2.24, 2.45) is 5.92 Å². The molecule has 0 aromatic carbocycles. The monoisotopic (exact) mass is 242 g/mol. The second kappa shape index (κ2) is 6.97. The van der Waals surface area contributed by atoms with Crippen molar-refractivity contribution in [1.29, 1.82) is 0 Å². The Hall–Kier alpha value is -0.610. The molecule has 0 bridgehead atoms. The number of rotatable bonds is 5. The number of piperidine rings is 1. The second-order valence-corrected chi connectivity index (χ2v) is 5.45. The average molecular weight is 242 g/mol. The number of carbonyl (C=O) groups is 1. The Labute approximate surface area is 105 Å². The Balaban J connectivity index is 2.24. The van der Waals surface area contributed by atoms with Crippen LogP contribution in [0.4, 0.5) is 0 Å². The van der Waals surface area contributed by atoms with Gasteiger partial charge in [-0.2, -0.15) is 0 Å². The summed E-state index contributed by atoms with van der Waals surface area (Å²) in [7, 11) is 4.21. The molecule has 4 heteroatoms.